The van der Waals surface area contributed by atoms with Gasteiger partial charge < -0.3 is 9.13 Å². The number of aryl methyl sites for hydroxylation is 4. The lowest BCUT2D eigenvalue weighted by atomic mass is 10.2. The lowest BCUT2D eigenvalue weighted by Crippen LogP contribution is -2.16. The summed E-state index contributed by atoms with van der Waals surface area (Å²) in [6, 6.07) is 13.1. The monoisotopic (exact) mass is 382 g/mol. The second-order valence-corrected chi connectivity index (χ2v) is 8.42. The van der Waals surface area contributed by atoms with Gasteiger partial charge in [0.15, 0.2) is 0 Å². The molecular weight excluding hydrogens is 360 g/mol. The highest BCUT2D eigenvalue weighted by Gasteiger charge is 2.06. The first-order valence-corrected chi connectivity index (χ1v) is 10.5. The molecule has 0 radical (unpaired) electrons. The van der Waals surface area contributed by atoms with Crippen LogP contribution in [0.2, 0.25) is 0 Å². The first-order valence-electron chi connectivity index (χ1n) is 8.88. The van der Waals surface area contributed by atoms with E-state index in [9.17, 15) is 0 Å². The van der Waals surface area contributed by atoms with Crippen LogP contribution in [0.4, 0.5) is 0 Å². The zero-order valence-electron chi connectivity index (χ0n) is 15.5. The molecule has 0 fully saturated rings. The van der Waals surface area contributed by atoms with Gasteiger partial charge >= 0.3 is 0 Å². The summed E-state index contributed by atoms with van der Waals surface area (Å²) in [6.45, 7) is 10.3. The van der Waals surface area contributed by atoms with E-state index in [1.165, 1.54) is 31.6 Å². The van der Waals surface area contributed by atoms with Crippen molar-refractivity contribution in [3.05, 3.63) is 57.1 Å². The number of hydrogen-bond acceptors (Lipinski definition) is 4. The van der Waals surface area contributed by atoms with Crippen LogP contribution < -0.4 is 9.60 Å². The van der Waals surface area contributed by atoms with Crippen molar-refractivity contribution < 1.29 is 0 Å². The van der Waals surface area contributed by atoms with Crippen molar-refractivity contribution in [2.75, 3.05) is 0 Å². The van der Waals surface area contributed by atoms with Crippen LogP contribution in [0, 0.1) is 13.8 Å². The third-order valence-electron chi connectivity index (χ3n) is 4.53. The van der Waals surface area contributed by atoms with Gasteiger partial charge in [-0.2, -0.15) is 0 Å². The normalized spacial score (nSPS) is 13.4. The highest BCUT2D eigenvalue weighted by molar-refractivity contribution is 7.16. The molecule has 134 valence electrons. The van der Waals surface area contributed by atoms with E-state index in [2.05, 4.69) is 83.4 Å². The number of thiazole rings is 2. The smallest absolute Gasteiger partial charge is 0.211 e. The van der Waals surface area contributed by atoms with Gasteiger partial charge in [0.1, 0.15) is 0 Å². The van der Waals surface area contributed by atoms with Gasteiger partial charge in [-0.25, -0.2) is 0 Å². The molecule has 0 spiro atoms. The van der Waals surface area contributed by atoms with E-state index in [1.54, 1.807) is 22.7 Å². The van der Waals surface area contributed by atoms with E-state index in [4.69, 9.17) is 0 Å². The molecule has 2 heterocycles. The number of benzene rings is 2. The fraction of sp³-hybridized carbons (Fsp3) is 0.300. The average molecular weight is 383 g/mol. The Kier molecular flexibility index (Phi) is 4.54. The largest absolute Gasteiger partial charge is 0.315 e. The van der Waals surface area contributed by atoms with Crippen molar-refractivity contribution >= 4 is 43.1 Å². The zero-order chi connectivity index (χ0) is 18.3. The Labute approximate surface area is 160 Å². The molecule has 0 N–H and O–H groups in total. The molecule has 0 aliphatic carbocycles. The van der Waals surface area contributed by atoms with Gasteiger partial charge in [0.25, 0.3) is 0 Å². The number of aromatic nitrogens is 2. The van der Waals surface area contributed by atoms with E-state index < -0.39 is 0 Å². The second kappa shape index (κ2) is 6.85. The Hall–Kier alpha value is -2.18. The lowest BCUT2D eigenvalue weighted by Gasteiger charge is -2.00. The number of rotatable bonds is 3. The predicted molar refractivity (Wildman–Crippen MR) is 112 cm³/mol. The molecule has 2 aromatic heterocycles. The van der Waals surface area contributed by atoms with Crippen LogP contribution in [-0.2, 0) is 13.1 Å². The molecule has 4 aromatic rings. The molecule has 0 atom stereocenters. The molecule has 26 heavy (non-hydrogen) atoms. The van der Waals surface area contributed by atoms with Crippen LogP contribution >= 0.6 is 22.7 Å². The third kappa shape index (κ3) is 2.93. The SMILES string of the molecule is CCn1/c(=N/N=c2/sc3cc(C)ccc3n2CC)sc2cc(C)ccc21. The summed E-state index contributed by atoms with van der Waals surface area (Å²) >= 11 is 3.41. The van der Waals surface area contributed by atoms with Gasteiger partial charge in [0, 0.05) is 13.1 Å². The number of hydrogen-bond donors (Lipinski definition) is 0. The minimum absolute atomic E-state index is 0.886. The summed E-state index contributed by atoms with van der Waals surface area (Å²) in [4.78, 5) is 1.90. The van der Waals surface area contributed by atoms with Gasteiger partial charge in [-0.05, 0) is 63.1 Å². The lowest BCUT2D eigenvalue weighted by molar-refractivity contribution is 0.733. The maximum atomic E-state index is 4.64. The standard InChI is InChI=1S/C20H22N4S2/c1-5-23-15-9-7-13(3)11-17(15)25-19(23)21-22-20-24(6-2)16-10-8-14(4)12-18(16)26-20/h7-12H,5-6H2,1-4H3/b21-19-,22-20+. The molecule has 4 nitrogen and oxygen atoms in total. The van der Waals surface area contributed by atoms with Crippen LogP contribution in [0.1, 0.15) is 25.0 Å². The van der Waals surface area contributed by atoms with E-state index in [-0.39, 0.29) is 0 Å². The maximum absolute atomic E-state index is 4.64. The zero-order valence-corrected chi connectivity index (χ0v) is 17.1. The summed E-state index contributed by atoms with van der Waals surface area (Å²) in [5.41, 5.74) is 5.00. The molecule has 0 amide bonds. The summed E-state index contributed by atoms with van der Waals surface area (Å²) in [5.74, 6) is 0. The van der Waals surface area contributed by atoms with E-state index in [1.807, 2.05) is 0 Å². The van der Waals surface area contributed by atoms with Gasteiger partial charge in [0.2, 0.25) is 9.60 Å². The van der Waals surface area contributed by atoms with E-state index >= 15 is 0 Å². The maximum Gasteiger partial charge on any atom is 0.211 e. The van der Waals surface area contributed by atoms with Crippen molar-refractivity contribution in [3.8, 4) is 0 Å². The topological polar surface area (TPSA) is 34.6 Å². The Bertz CT molecular complexity index is 1140. The van der Waals surface area contributed by atoms with E-state index in [0.29, 0.717) is 0 Å². The van der Waals surface area contributed by atoms with Crippen molar-refractivity contribution in [3.63, 3.8) is 0 Å². The molecular formula is C20H22N4S2. The predicted octanol–water partition coefficient (Wildman–Crippen LogP) is 4.79. The number of fused-ring (bicyclic) bond motifs is 2. The summed E-state index contributed by atoms with van der Waals surface area (Å²) in [5, 5.41) is 9.27. The molecule has 2 aromatic carbocycles. The summed E-state index contributed by atoms with van der Waals surface area (Å²) in [6.07, 6.45) is 0. The van der Waals surface area contributed by atoms with Gasteiger partial charge in [0.05, 0.1) is 20.4 Å². The quantitative estimate of drug-likeness (QED) is 0.457. The van der Waals surface area contributed by atoms with Crippen molar-refractivity contribution in [1.29, 1.82) is 0 Å². The molecule has 4 rings (SSSR count). The highest BCUT2D eigenvalue weighted by Crippen LogP contribution is 2.20. The summed E-state index contributed by atoms with van der Waals surface area (Å²) < 4.78 is 6.99. The van der Waals surface area contributed by atoms with Gasteiger partial charge in [-0.3, -0.25) is 0 Å². The Morgan fingerprint density at radius 2 is 1.15 bits per heavy atom. The first-order chi connectivity index (χ1) is 12.6. The molecule has 0 unspecified atom stereocenters. The fourth-order valence-electron chi connectivity index (χ4n) is 3.21. The molecule has 0 bridgehead atoms. The Balaban J connectivity index is 1.95. The van der Waals surface area contributed by atoms with Gasteiger partial charge in [-0.1, -0.05) is 34.8 Å². The molecule has 0 aliphatic heterocycles. The molecule has 6 heteroatoms. The van der Waals surface area contributed by atoms with Crippen molar-refractivity contribution in [2.45, 2.75) is 40.8 Å². The first kappa shape index (κ1) is 17.2. The average Bonchev–Trinajstić information content (AvgIpc) is 3.15. The second-order valence-electron chi connectivity index (χ2n) is 6.40. The molecule has 0 aliphatic rings. The fourth-order valence-corrected chi connectivity index (χ4v) is 5.50. The minimum Gasteiger partial charge on any atom is -0.315 e. The van der Waals surface area contributed by atoms with Crippen LogP contribution in [-0.4, -0.2) is 9.13 Å². The Morgan fingerprint density at radius 3 is 1.54 bits per heavy atom. The molecule has 0 saturated heterocycles. The third-order valence-corrected chi connectivity index (χ3v) is 6.59. The van der Waals surface area contributed by atoms with Crippen LogP contribution in [0.5, 0.6) is 0 Å². The summed E-state index contributed by atoms with van der Waals surface area (Å²) in [7, 11) is 0. The van der Waals surface area contributed by atoms with E-state index in [0.717, 1.165) is 22.7 Å². The Morgan fingerprint density at radius 1 is 0.731 bits per heavy atom. The van der Waals surface area contributed by atoms with Crippen LogP contribution in [0.3, 0.4) is 0 Å². The van der Waals surface area contributed by atoms with Crippen LogP contribution in [0.15, 0.2) is 46.6 Å². The van der Waals surface area contributed by atoms with Crippen LogP contribution in [0.25, 0.3) is 20.4 Å². The van der Waals surface area contributed by atoms with Crippen molar-refractivity contribution in [1.82, 2.24) is 9.13 Å². The number of nitrogens with zero attached hydrogens (tertiary/aromatic N) is 4. The molecule has 0 saturated carbocycles. The minimum atomic E-state index is 0.886. The van der Waals surface area contributed by atoms with Crippen molar-refractivity contribution in [2.24, 2.45) is 10.2 Å². The van der Waals surface area contributed by atoms with Gasteiger partial charge in [-0.15, -0.1) is 10.2 Å². The highest BCUT2D eigenvalue weighted by atomic mass is 32.1.